The Hall–Kier alpha value is -2.87. The van der Waals surface area contributed by atoms with Crippen LogP contribution in [0.1, 0.15) is 28.4 Å². The van der Waals surface area contributed by atoms with E-state index in [-0.39, 0.29) is 23.5 Å². The maximum atomic E-state index is 13.4. The molecule has 0 aliphatic rings. The van der Waals surface area contributed by atoms with Crippen molar-refractivity contribution >= 4 is 33.4 Å². The van der Waals surface area contributed by atoms with E-state index in [4.69, 9.17) is 4.74 Å². The second kappa shape index (κ2) is 8.02. The largest absolute Gasteiger partial charge is 0.465 e. The zero-order valence-electron chi connectivity index (χ0n) is 15.6. The molecule has 0 atom stereocenters. The van der Waals surface area contributed by atoms with E-state index in [1.807, 2.05) is 26.0 Å². The maximum Gasteiger partial charge on any atom is 0.326 e. The second-order valence-corrected chi connectivity index (χ2v) is 7.23. The number of carbonyl (C=O) groups is 2. The number of rotatable bonds is 4. The maximum absolute atomic E-state index is 13.4. The van der Waals surface area contributed by atoms with Gasteiger partial charge in [-0.1, -0.05) is 11.3 Å². The number of aryl methyl sites for hydroxylation is 2. The molecule has 1 heterocycles. The fraction of sp³-hybridized carbons (Fsp3) is 0.250. The summed E-state index contributed by atoms with van der Waals surface area (Å²) in [7, 11) is 0. The third-order valence-electron chi connectivity index (χ3n) is 4.25. The number of halogens is 2. The third kappa shape index (κ3) is 4.01. The number of hydrogen-bond acceptors (Lipinski definition) is 4. The van der Waals surface area contributed by atoms with Gasteiger partial charge in [-0.3, -0.25) is 9.59 Å². The van der Waals surface area contributed by atoms with Crippen LogP contribution in [0.4, 0.5) is 8.78 Å². The number of fused-ring (bicyclic) bond motifs is 1. The van der Waals surface area contributed by atoms with E-state index < -0.39 is 23.5 Å². The summed E-state index contributed by atoms with van der Waals surface area (Å²) in [4.78, 5) is 28.8. The lowest BCUT2D eigenvalue weighted by Crippen LogP contribution is -2.23. The van der Waals surface area contributed by atoms with Crippen molar-refractivity contribution in [3.8, 4) is 0 Å². The Kier molecular flexibility index (Phi) is 5.69. The van der Waals surface area contributed by atoms with Crippen LogP contribution < -0.4 is 4.80 Å². The molecule has 5 nitrogen and oxygen atoms in total. The van der Waals surface area contributed by atoms with Crippen molar-refractivity contribution in [1.29, 1.82) is 0 Å². The first-order valence-corrected chi connectivity index (χ1v) is 9.42. The number of esters is 1. The van der Waals surface area contributed by atoms with Crippen LogP contribution >= 0.6 is 11.3 Å². The number of hydrogen-bond donors (Lipinski definition) is 0. The van der Waals surface area contributed by atoms with E-state index in [0.29, 0.717) is 0 Å². The van der Waals surface area contributed by atoms with E-state index in [0.717, 1.165) is 33.5 Å². The Balaban J connectivity index is 2.14. The molecule has 28 heavy (non-hydrogen) atoms. The van der Waals surface area contributed by atoms with Crippen LogP contribution in [0, 0.1) is 25.5 Å². The Morgan fingerprint density at radius 2 is 1.82 bits per heavy atom. The lowest BCUT2D eigenvalue weighted by Gasteiger charge is -2.06. The summed E-state index contributed by atoms with van der Waals surface area (Å²) < 4.78 is 34.0. The number of carbonyl (C=O) groups excluding carboxylic acids is 2. The Labute approximate surface area is 163 Å². The minimum absolute atomic E-state index is 0.0774. The number of thiazole rings is 1. The molecule has 0 N–H and O–H groups in total. The summed E-state index contributed by atoms with van der Waals surface area (Å²) >= 11 is 1.24. The molecule has 1 aromatic heterocycles. The van der Waals surface area contributed by atoms with E-state index in [9.17, 15) is 18.4 Å². The highest BCUT2D eigenvalue weighted by Crippen LogP contribution is 2.22. The van der Waals surface area contributed by atoms with Crippen LogP contribution in [0.5, 0.6) is 0 Å². The van der Waals surface area contributed by atoms with Gasteiger partial charge in [0.1, 0.15) is 6.54 Å². The molecule has 0 saturated heterocycles. The van der Waals surface area contributed by atoms with Crippen molar-refractivity contribution in [2.45, 2.75) is 27.3 Å². The van der Waals surface area contributed by atoms with Gasteiger partial charge in [-0.25, -0.2) is 8.78 Å². The molecule has 0 fully saturated rings. The summed E-state index contributed by atoms with van der Waals surface area (Å²) in [5, 5.41) is 0. The molecule has 0 spiro atoms. The second-order valence-electron chi connectivity index (χ2n) is 6.23. The van der Waals surface area contributed by atoms with Gasteiger partial charge in [0.2, 0.25) is 0 Å². The SMILES string of the molecule is CCOC(=O)Cn1c(=NC(=O)c2ccc(F)c(F)c2)sc2cc(C)c(C)cc21. The zero-order chi connectivity index (χ0) is 20.4. The molecule has 0 radical (unpaired) electrons. The van der Waals surface area contributed by atoms with Crippen molar-refractivity contribution in [3.05, 3.63) is 63.5 Å². The predicted octanol–water partition coefficient (Wildman–Crippen LogP) is 3.90. The summed E-state index contributed by atoms with van der Waals surface area (Å²) in [6, 6.07) is 6.72. The molecule has 3 aromatic rings. The minimum atomic E-state index is -1.12. The van der Waals surface area contributed by atoms with Crippen molar-refractivity contribution < 1.29 is 23.1 Å². The van der Waals surface area contributed by atoms with Gasteiger partial charge < -0.3 is 9.30 Å². The van der Waals surface area contributed by atoms with Gasteiger partial charge in [0.05, 0.1) is 16.8 Å². The number of nitrogens with zero attached hydrogens (tertiary/aromatic N) is 2. The highest BCUT2D eigenvalue weighted by atomic mass is 32.1. The van der Waals surface area contributed by atoms with Crippen LogP contribution in [0.15, 0.2) is 35.3 Å². The number of ether oxygens (including phenoxy) is 1. The molecule has 146 valence electrons. The lowest BCUT2D eigenvalue weighted by atomic mass is 10.1. The van der Waals surface area contributed by atoms with Crippen LogP contribution in [-0.2, 0) is 16.1 Å². The highest BCUT2D eigenvalue weighted by Gasteiger charge is 2.15. The molecule has 8 heteroatoms. The summed E-state index contributed by atoms with van der Waals surface area (Å²) in [5.41, 5.74) is 2.77. The van der Waals surface area contributed by atoms with Gasteiger partial charge in [-0.2, -0.15) is 4.99 Å². The molecular formula is C20H18F2N2O3S. The van der Waals surface area contributed by atoms with Crippen molar-refractivity contribution in [3.63, 3.8) is 0 Å². The molecule has 0 aliphatic carbocycles. The van der Waals surface area contributed by atoms with Crippen LogP contribution in [0.2, 0.25) is 0 Å². The molecule has 0 aliphatic heterocycles. The summed E-state index contributed by atoms with van der Waals surface area (Å²) in [6.07, 6.45) is 0. The van der Waals surface area contributed by atoms with Gasteiger partial charge in [-0.05, 0) is 62.2 Å². The normalized spacial score (nSPS) is 11.8. The first-order chi connectivity index (χ1) is 13.3. The lowest BCUT2D eigenvalue weighted by molar-refractivity contribution is -0.143. The van der Waals surface area contributed by atoms with Gasteiger partial charge in [0.15, 0.2) is 16.4 Å². The Bertz CT molecular complexity index is 1150. The summed E-state index contributed by atoms with van der Waals surface area (Å²) in [6.45, 7) is 5.75. The quantitative estimate of drug-likeness (QED) is 0.620. The molecule has 1 amide bonds. The van der Waals surface area contributed by atoms with Crippen molar-refractivity contribution in [2.75, 3.05) is 6.61 Å². The van der Waals surface area contributed by atoms with E-state index >= 15 is 0 Å². The summed E-state index contributed by atoms with van der Waals surface area (Å²) in [5.74, 6) is -3.34. The number of aromatic nitrogens is 1. The Morgan fingerprint density at radius 3 is 2.50 bits per heavy atom. The molecule has 0 bridgehead atoms. The average Bonchev–Trinajstić information content (AvgIpc) is 2.94. The molecule has 0 saturated carbocycles. The standard InChI is InChI=1S/C20H18F2N2O3S/c1-4-27-18(25)10-24-16-7-11(2)12(3)8-17(16)28-20(24)23-19(26)13-5-6-14(21)15(22)9-13/h5-9H,4,10H2,1-3H3. The molecule has 0 unspecified atom stereocenters. The van der Waals surface area contributed by atoms with E-state index in [2.05, 4.69) is 4.99 Å². The fourth-order valence-electron chi connectivity index (χ4n) is 2.68. The predicted molar refractivity (Wildman–Crippen MR) is 102 cm³/mol. The van der Waals surface area contributed by atoms with Crippen LogP contribution in [0.25, 0.3) is 10.2 Å². The van der Waals surface area contributed by atoms with Crippen molar-refractivity contribution in [1.82, 2.24) is 4.57 Å². The van der Waals surface area contributed by atoms with Gasteiger partial charge >= 0.3 is 5.97 Å². The van der Waals surface area contributed by atoms with Gasteiger partial charge in [0, 0.05) is 5.56 Å². The Morgan fingerprint density at radius 1 is 1.11 bits per heavy atom. The first kappa shape index (κ1) is 19.9. The monoisotopic (exact) mass is 404 g/mol. The van der Waals surface area contributed by atoms with Crippen LogP contribution in [-0.4, -0.2) is 23.1 Å². The van der Waals surface area contributed by atoms with Gasteiger partial charge in [0.25, 0.3) is 5.91 Å². The minimum Gasteiger partial charge on any atom is -0.465 e. The molecular weight excluding hydrogens is 386 g/mol. The van der Waals surface area contributed by atoms with Gasteiger partial charge in [-0.15, -0.1) is 0 Å². The van der Waals surface area contributed by atoms with E-state index in [1.54, 1.807) is 11.5 Å². The first-order valence-electron chi connectivity index (χ1n) is 8.60. The third-order valence-corrected chi connectivity index (χ3v) is 5.30. The molecule has 2 aromatic carbocycles. The molecule has 3 rings (SSSR count). The fourth-order valence-corrected chi connectivity index (χ4v) is 3.78. The highest BCUT2D eigenvalue weighted by molar-refractivity contribution is 7.16. The van der Waals surface area contributed by atoms with Crippen LogP contribution in [0.3, 0.4) is 0 Å². The topological polar surface area (TPSA) is 60.7 Å². The van der Waals surface area contributed by atoms with Crippen molar-refractivity contribution in [2.24, 2.45) is 4.99 Å². The average molecular weight is 404 g/mol. The smallest absolute Gasteiger partial charge is 0.326 e. The number of benzene rings is 2. The number of amides is 1. The zero-order valence-corrected chi connectivity index (χ0v) is 16.4. The van der Waals surface area contributed by atoms with E-state index in [1.165, 1.54) is 17.4 Å².